The summed E-state index contributed by atoms with van der Waals surface area (Å²) in [5.41, 5.74) is 1.06. The van der Waals surface area contributed by atoms with Crippen LogP contribution in [0.25, 0.3) is 6.08 Å². The Balaban J connectivity index is 2.14. The van der Waals surface area contributed by atoms with Gasteiger partial charge in [-0.25, -0.2) is 0 Å². The lowest BCUT2D eigenvalue weighted by Gasteiger charge is -2.06. The first-order chi connectivity index (χ1) is 8.78. The van der Waals surface area contributed by atoms with Crippen molar-refractivity contribution in [2.75, 3.05) is 5.88 Å². The average Bonchev–Trinajstić information content (AvgIpc) is 2.40. The zero-order valence-electron chi connectivity index (χ0n) is 9.64. The van der Waals surface area contributed by atoms with Gasteiger partial charge in [-0.1, -0.05) is 35.9 Å². The molecule has 0 aliphatic heterocycles. The molecule has 18 heavy (non-hydrogen) atoms. The highest BCUT2D eigenvalue weighted by Gasteiger charge is 1.97. The van der Waals surface area contributed by atoms with Gasteiger partial charge in [-0.3, -0.25) is 0 Å². The number of rotatable bonds is 4. The first kappa shape index (κ1) is 13.0. The van der Waals surface area contributed by atoms with Crippen molar-refractivity contribution in [3.05, 3.63) is 65.2 Å². The van der Waals surface area contributed by atoms with Gasteiger partial charge in [0.15, 0.2) is 0 Å². The third kappa shape index (κ3) is 3.80. The van der Waals surface area contributed by atoms with E-state index in [0.717, 1.165) is 17.1 Å². The van der Waals surface area contributed by atoms with Crippen LogP contribution < -0.4 is 4.74 Å². The van der Waals surface area contributed by atoms with E-state index in [9.17, 15) is 0 Å². The zero-order valence-corrected chi connectivity index (χ0v) is 11.2. The molecule has 1 nitrogen and oxygen atoms in total. The summed E-state index contributed by atoms with van der Waals surface area (Å²) < 4.78 is 5.73. The Morgan fingerprint density at radius 2 is 1.78 bits per heavy atom. The monoisotopic (exact) mass is 278 g/mol. The maximum atomic E-state index is 5.82. The molecule has 0 aliphatic carbocycles. The second-order valence-corrected chi connectivity index (χ2v) is 4.43. The number of hydrogen-bond acceptors (Lipinski definition) is 1. The van der Waals surface area contributed by atoms with E-state index in [-0.39, 0.29) is 0 Å². The molecule has 0 bridgehead atoms. The Hall–Kier alpha value is -1.44. The molecule has 0 saturated heterocycles. The summed E-state index contributed by atoms with van der Waals surface area (Å²) in [6, 6.07) is 15.1. The molecule has 0 radical (unpaired) electrons. The zero-order chi connectivity index (χ0) is 12.8. The minimum atomic E-state index is 0.502. The van der Waals surface area contributed by atoms with Crippen molar-refractivity contribution in [2.45, 2.75) is 0 Å². The lowest BCUT2D eigenvalue weighted by Crippen LogP contribution is -1.84. The van der Waals surface area contributed by atoms with Gasteiger partial charge in [-0.15, -0.1) is 11.6 Å². The molecule has 0 aliphatic rings. The topological polar surface area (TPSA) is 9.23 Å². The highest BCUT2D eigenvalue weighted by molar-refractivity contribution is 6.30. The lowest BCUT2D eigenvalue weighted by molar-refractivity contribution is 0.482. The largest absolute Gasteiger partial charge is 0.457 e. The van der Waals surface area contributed by atoms with Crippen LogP contribution in [0.1, 0.15) is 5.56 Å². The fourth-order valence-electron chi connectivity index (χ4n) is 1.50. The molecular formula is C15H12Cl2O. The van der Waals surface area contributed by atoms with Crippen molar-refractivity contribution in [1.82, 2.24) is 0 Å². The summed E-state index contributed by atoms with van der Waals surface area (Å²) in [6.07, 6.45) is 3.85. The highest BCUT2D eigenvalue weighted by atomic mass is 35.5. The number of hydrogen-bond donors (Lipinski definition) is 0. The number of halogens is 2. The van der Waals surface area contributed by atoms with E-state index in [1.165, 1.54) is 0 Å². The van der Waals surface area contributed by atoms with Crippen molar-refractivity contribution >= 4 is 29.3 Å². The lowest BCUT2D eigenvalue weighted by atomic mass is 10.2. The van der Waals surface area contributed by atoms with E-state index in [1.807, 2.05) is 48.6 Å². The first-order valence-electron chi connectivity index (χ1n) is 5.54. The molecule has 0 unspecified atom stereocenters. The Kier molecular flexibility index (Phi) is 4.68. The van der Waals surface area contributed by atoms with Gasteiger partial charge in [0.2, 0.25) is 0 Å². The van der Waals surface area contributed by atoms with E-state index in [1.54, 1.807) is 12.1 Å². The first-order valence-corrected chi connectivity index (χ1v) is 6.45. The molecule has 2 rings (SSSR count). The molecule has 0 saturated carbocycles. The van der Waals surface area contributed by atoms with Gasteiger partial charge in [-0.2, -0.15) is 0 Å². The van der Waals surface area contributed by atoms with E-state index in [0.29, 0.717) is 10.9 Å². The quantitative estimate of drug-likeness (QED) is 0.682. The number of allylic oxidation sites excluding steroid dienone is 1. The Bertz CT molecular complexity index is 532. The van der Waals surface area contributed by atoms with Crippen LogP contribution in [-0.4, -0.2) is 5.88 Å². The predicted octanol–water partition coefficient (Wildman–Crippen LogP) is 5.38. The van der Waals surface area contributed by atoms with Gasteiger partial charge in [0, 0.05) is 10.9 Å². The molecule has 3 heteroatoms. The van der Waals surface area contributed by atoms with Crippen LogP contribution in [0.3, 0.4) is 0 Å². The van der Waals surface area contributed by atoms with Gasteiger partial charge in [0.25, 0.3) is 0 Å². The molecule has 0 atom stereocenters. The van der Waals surface area contributed by atoms with Crippen molar-refractivity contribution < 1.29 is 4.74 Å². The standard InChI is InChI=1S/C15H12Cl2O/c16-10-2-4-12-3-1-5-15(11-12)18-14-8-6-13(17)7-9-14/h1-9,11H,10H2. The van der Waals surface area contributed by atoms with E-state index < -0.39 is 0 Å². The minimum Gasteiger partial charge on any atom is -0.457 e. The highest BCUT2D eigenvalue weighted by Crippen LogP contribution is 2.24. The van der Waals surface area contributed by atoms with Crippen LogP contribution in [0.15, 0.2) is 54.6 Å². The maximum absolute atomic E-state index is 5.82. The summed E-state index contributed by atoms with van der Waals surface area (Å²) in [7, 11) is 0. The molecule has 92 valence electrons. The Morgan fingerprint density at radius 3 is 2.50 bits per heavy atom. The van der Waals surface area contributed by atoms with Crippen LogP contribution in [0.5, 0.6) is 11.5 Å². The molecule has 0 spiro atoms. The van der Waals surface area contributed by atoms with E-state index >= 15 is 0 Å². The molecule has 0 N–H and O–H groups in total. The molecule has 0 heterocycles. The third-order valence-electron chi connectivity index (χ3n) is 2.31. The molecule has 2 aromatic carbocycles. The summed E-state index contributed by atoms with van der Waals surface area (Å²) in [5.74, 6) is 2.05. The van der Waals surface area contributed by atoms with E-state index in [4.69, 9.17) is 27.9 Å². The molecule has 0 aromatic heterocycles. The molecule has 0 amide bonds. The summed E-state index contributed by atoms with van der Waals surface area (Å²) >= 11 is 11.4. The van der Waals surface area contributed by atoms with Gasteiger partial charge < -0.3 is 4.74 Å². The molecular weight excluding hydrogens is 267 g/mol. The van der Waals surface area contributed by atoms with Crippen molar-refractivity contribution in [3.63, 3.8) is 0 Å². The van der Waals surface area contributed by atoms with Gasteiger partial charge >= 0.3 is 0 Å². The predicted molar refractivity (Wildman–Crippen MR) is 77.7 cm³/mol. The Morgan fingerprint density at radius 1 is 1.00 bits per heavy atom. The molecule has 0 fully saturated rings. The summed E-state index contributed by atoms with van der Waals surface area (Å²) in [4.78, 5) is 0. The Labute approximate surface area is 117 Å². The number of ether oxygens (including phenoxy) is 1. The fourth-order valence-corrected chi connectivity index (χ4v) is 1.72. The van der Waals surface area contributed by atoms with Crippen molar-refractivity contribution in [2.24, 2.45) is 0 Å². The van der Waals surface area contributed by atoms with Gasteiger partial charge in [-0.05, 0) is 42.0 Å². The SMILES string of the molecule is ClCC=Cc1cccc(Oc2ccc(Cl)cc2)c1. The van der Waals surface area contributed by atoms with Crippen LogP contribution >= 0.6 is 23.2 Å². The fraction of sp³-hybridized carbons (Fsp3) is 0.0667. The van der Waals surface area contributed by atoms with Crippen LogP contribution in [0, 0.1) is 0 Å². The van der Waals surface area contributed by atoms with Crippen molar-refractivity contribution in [1.29, 1.82) is 0 Å². The second-order valence-electron chi connectivity index (χ2n) is 3.69. The number of benzene rings is 2. The normalized spacial score (nSPS) is 10.8. The molecule has 2 aromatic rings. The van der Waals surface area contributed by atoms with Crippen LogP contribution in [0.4, 0.5) is 0 Å². The smallest absolute Gasteiger partial charge is 0.128 e. The van der Waals surface area contributed by atoms with Crippen LogP contribution in [-0.2, 0) is 0 Å². The van der Waals surface area contributed by atoms with Gasteiger partial charge in [0.05, 0.1) is 0 Å². The van der Waals surface area contributed by atoms with Crippen molar-refractivity contribution in [3.8, 4) is 11.5 Å². The third-order valence-corrected chi connectivity index (χ3v) is 2.74. The van der Waals surface area contributed by atoms with Crippen LogP contribution in [0.2, 0.25) is 5.02 Å². The second kappa shape index (κ2) is 6.48. The average molecular weight is 279 g/mol. The van der Waals surface area contributed by atoms with Gasteiger partial charge in [0.1, 0.15) is 11.5 Å². The van der Waals surface area contributed by atoms with E-state index in [2.05, 4.69) is 0 Å². The maximum Gasteiger partial charge on any atom is 0.128 e. The summed E-state index contributed by atoms with van der Waals surface area (Å²) in [6.45, 7) is 0. The minimum absolute atomic E-state index is 0.502. The summed E-state index contributed by atoms with van der Waals surface area (Å²) in [5, 5.41) is 0.696. The number of alkyl halides is 1.